The molecule has 0 saturated heterocycles. The van der Waals surface area contributed by atoms with Crippen LogP contribution in [0.15, 0.2) is 54.9 Å². The van der Waals surface area contributed by atoms with E-state index in [1.54, 1.807) is 31.5 Å². The van der Waals surface area contributed by atoms with Crippen molar-refractivity contribution in [1.82, 2.24) is 14.9 Å². The number of methoxy groups -OCH3 is 1. The lowest BCUT2D eigenvalue weighted by Gasteiger charge is -2.21. The molecule has 1 aliphatic heterocycles. The van der Waals surface area contributed by atoms with Crippen LogP contribution in [-0.2, 0) is 7.05 Å². The van der Waals surface area contributed by atoms with Crippen molar-refractivity contribution in [1.29, 1.82) is 0 Å². The second kappa shape index (κ2) is 7.03. The lowest BCUT2D eigenvalue weighted by atomic mass is 10.0. The number of benzene rings is 2. The minimum absolute atomic E-state index is 0.164. The van der Waals surface area contributed by atoms with Crippen LogP contribution in [0.2, 0.25) is 0 Å². The highest BCUT2D eigenvalue weighted by molar-refractivity contribution is 5.95. The van der Waals surface area contributed by atoms with Gasteiger partial charge >= 0.3 is 0 Å². The zero-order valence-electron chi connectivity index (χ0n) is 15.0. The molecule has 1 aliphatic rings. The van der Waals surface area contributed by atoms with Gasteiger partial charge < -0.3 is 24.1 Å². The second-order valence-electron chi connectivity index (χ2n) is 6.11. The normalized spacial score (nSPS) is 13.3. The molecule has 0 spiro atoms. The first kappa shape index (κ1) is 17.0. The average Bonchev–Trinajstić information content (AvgIpc) is 3.34. The molecular weight excluding hydrogens is 346 g/mol. The van der Waals surface area contributed by atoms with Crippen LogP contribution in [0.3, 0.4) is 0 Å². The van der Waals surface area contributed by atoms with Crippen molar-refractivity contribution < 1.29 is 19.0 Å². The van der Waals surface area contributed by atoms with Crippen molar-refractivity contribution in [3.8, 4) is 17.2 Å². The molecule has 3 aromatic rings. The Bertz CT molecular complexity index is 983. The highest BCUT2D eigenvalue weighted by Crippen LogP contribution is 2.33. The van der Waals surface area contributed by atoms with E-state index in [2.05, 4.69) is 10.3 Å². The maximum atomic E-state index is 12.9. The molecule has 4 rings (SSSR count). The maximum Gasteiger partial charge on any atom is 0.252 e. The van der Waals surface area contributed by atoms with Gasteiger partial charge in [0.2, 0.25) is 6.79 Å². The van der Waals surface area contributed by atoms with Crippen LogP contribution in [0.5, 0.6) is 17.2 Å². The molecule has 138 valence electrons. The quantitative estimate of drug-likeness (QED) is 0.752. The summed E-state index contributed by atoms with van der Waals surface area (Å²) in [7, 11) is 3.49. The molecule has 0 radical (unpaired) electrons. The molecule has 0 bridgehead atoms. The van der Waals surface area contributed by atoms with Crippen molar-refractivity contribution in [2.45, 2.75) is 6.04 Å². The van der Waals surface area contributed by atoms with Gasteiger partial charge in [-0.15, -0.1) is 0 Å². The zero-order valence-corrected chi connectivity index (χ0v) is 15.0. The van der Waals surface area contributed by atoms with Gasteiger partial charge in [-0.3, -0.25) is 4.79 Å². The van der Waals surface area contributed by atoms with Gasteiger partial charge in [0.05, 0.1) is 7.11 Å². The zero-order chi connectivity index (χ0) is 18.8. The fraction of sp³-hybridized carbons (Fsp3) is 0.200. The molecule has 1 N–H and O–H groups in total. The Balaban J connectivity index is 1.69. The van der Waals surface area contributed by atoms with E-state index >= 15 is 0 Å². The Morgan fingerprint density at radius 1 is 1.22 bits per heavy atom. The summed E-state index contributed by atoms with van der Waals surface area (Å²) in [6, 6.07) is 12.2. The first-order chi connectivity index (χ1) is 13.2. The van der Waals surface area contributed by atoms with Crippen molar-refractivity contribution in [3.05, 3.63) is 71.8 Å². The second-order valence-corrected chi connectivity index (χ2v) is 6.11. The van der Waals surface area contributed by atoms with Crippen LogP contribution in [0.25, 0.3) is 0 Å². The maximum absolute atomic E-state index is 12.9. The SMILES string of the molecule is COc1ccccc1C(NC(=O)c1ccc2c(c1)OCO2)c1nccn1C. The molecule has 0 saturated carbocycles. The largest absolute Gasteiger partial charge is 0.496 e. The highest BCUT2D eigenvalue weighted by Gasteiger charge is 2.25. The van der Waals surface area contributed by atoms with Crippen LogP contribution >= 0.6 is 0 Å². The van der Waals surface area contributed by atoms with E-state index in [0.29, 0.717) is 28.6 Å². The molecule has 27 heavy (non-hydrogen) atoms. The number of carbonyl (C=O) groups excluding carboxylic acids is 1. The third-order valence-corrected chi connectivity index (χ3v) is 4.48. The van der Waals surface area contributed by atoms with Gasteiger partial charge in [0.15, 0.2) is 11.5 Å². The van der Waals surface area contributed by atoms with E-state index in [0.717, 1.165) is 5.56 Å². The first-order valence-corrected chi connectivity index (χ1v) is 8.48. The average molecular weight is 365 g/mol. The molecular formula is C20H19N3O4. The Morgan fingerprint density at radius 3 is 2.81 bits per heavy atom. The lowest BCUT2D eigenvalue weighted by molar-refractivity contribution is 0.0940. The summed E-state index contributed by atoms with van der Waals surface area (Å²) in [4.78, 5) is 17.4. The topological polar surface area (TPSA) is 74.6 Å². The predicted molar refractivity (Wildman–Crippen MR) is 98.1 cm³/mol. The first-order valence-electron chi connectivity index (χ1n) is 8.48. The lowest BCUT2D eigenvalue weighted by Crippen LogP contribution is -2.31. The smallest absolute Gasteiger partial charge is 0.252 e. The summed E-state index contributed by atoms with van der Waals surface area (Å²) in [5.74, 6) is 2.34. The number of aryl methyl sites for hydroxylation is 1. The Hall–Kier alpha value is -3.48. The molecule has 2 aromatic carbocycles. The number of nitrogens with one attached hydrogen (secondary N) is 1. The summed E-state index contributed by atoms with van der Waals surface area (Å²) in [5.41, 5.74) is 1.30. The monoisotopic (exact) mass is 365 g/mol. The molecule has 1 aromatic heterocycles. The fourth-order valence-corrected chi connectivity index (χ4v) is 3.09. The molecule has 0 aliphatic carbocycles. The van der Waals surface area contributed by atoms with E-state index < -0.39 is 6.04 Å². The highest BCUT2D eigenvalue weighted by atomic mass is 16.7. The fourth-order valence-electron chi connectivity index (χ4n) is 3.09. The number of aromatic nitrogens is 2. The van der Waals surface area contributed by atoms with E-state index in [-0.39, 0.29) is 12.7 Å². The number of hydrogen-bond donors (Lipinski definition) is 1. The number of fused-ring (bicyclic) bond motifs is 1. The molecule has 1 amide bonds. The Morgan fingerprint density at radius 2 is 2.04 bits per heavy atom. The number of para-hydroxylation sites is 1. The molecule has 2 heterocycles. The van der Waals surface area contributed by atoms with Crippen LogP contribution in [0, 0.1) is 0 Å². The molecule has 0 fully saturated rings. The van der Waals surface area contributed by atoms with Gasteiger partial charge in [0.1, 0.15) is 17.6 Å². The third kappa shape index (κ3) is 3.19. The summed E-state index contributed by atoms with van der Waals surface area (Å²) < 4.78 is 18.0. The van der Waals surface area contributed by atoms with Gasteiger partial charge in [-0.1, -0.05) is 18.2 Å². The minimum atomic E-state index is -0.473. The Labute approximate surface area is 156 Å². The van der Waals surface area contributed by atoms with Gasteiger partial charge in [-0.25, -0.2) is 4.98 Å². The van der Waals surface area contributed by atoms with Crippen molar-refractivity contribution >= 4 is 5.91 Å². The predicted octanol–water partition coefficient (Wildman–Crippen LogP) is 2.68. The van der Waals surface area contributed by atoms with E-state index in [1.165, 1.54) is 0 Å². The van der Waals surface area contributed by atoms with Crippen LogP contribution in [0.1, 0.15) is 27.8 Å². The van der Waals surface area contributed by atoms with E-state index in [9.17, 15) is 4.79 Å². The van der Waals surface area contributed by atoms with Crippen molar-refractivity contribution in [2.24, 2.45) is 7.05 Å². The minimum Gasteiger partial charge on any atom is -0.496 e. The van der Waals surface area contributed by atoms with Gasteiger partial charge in [0, 0.05) is 30.6 Å². The van der Waals surface area contributed by atoms with E-state index in [1.807, 2.05) is 42.1 Å². The van der Waals surface area contributed by atoms with Crippen LogP contribution < -0.4 is 19.5 Å². The van der Waals surface area contributed by atoms with Crippen molar-refractivity contribution in [2.75, 3.05) is 13.9 Å². The number of imidazole rings is 1. The number of amides is 1. The Kier molecular flexibility index (Phi) is 4.42. The van der Waals surface area contributed by atoms with Gasteiger partial charge in [-0.05, 0) is 24.3 Å². The van der Waals surface area contributed by atoms with Crippen molar-refractivity contribution in [3.63, 3.8) is 0 Å². The number of nitrogens with zero attached hydrogens (tertiary/aromatic N) is 2. The summed E-state index contributed by atoms with van der Waals surface area (Å²) in [5, 5.41) is 3.06. The number of ether oxygens (including phenoxy) is 3. The molecule has 1 atom stereocenters. The van der Waals surface area contributed by atoms with Crippen LogP contribution in [0.4, 0.5) is 0 Å². The number of rotatable bonds is 5. The third-order valence-electron chi connectivity index (χ3n) is 4.48. The van der Waals surface area contributed by atoms with Crippen LogP contribution in [-0.4, -0.2) is 29.4 Å². The summed E-state index contributed by atoms with van der Waals surface area (Å²) >= 11 is 0. The molecule has 7 heteroatoms. The number of hydrogen-bond acceptors (Lipinski definition) is 5. The van der Waals surface area contributed by atoms with Gasteiger partial charge in [0.25, 0.3) is 5.91 Å². The van der Waals surface area contributed by atoms with Gasteiger partial charge in [-0.2, -0.15) is 0 Å². The number of carbonyl (C=O) groups is 1. The van der Waals surface area contributed by atoms with E-state index in [4.69, 9.17) is 14.2 Å². The molecule has 7 nitrogen and oxygen atoms in total. The summed E-state index contributed by atoms with van der Waals surface area (Å²) in [6.07, 6.45) is 3.54. The summed E-state index contributed by atoms with van der Waals surface area (Å²) in [6.45, 7) is 0.164. The molecule has 1 unspecified atom stereocenters. The standard InChI is InChI=1S/C20H19N3O4/c1-23-10-9-21-19(23)18(14-5-3-4-6-15(14)25-2)22-20(24)13-7-8-16-17(11-13)27-12-26-16/h3-11,18H,12H2,1-2H3,(H,22,24).